The van der Waals surface area contributed by atoms with Crippen molar-refractivity contribution in [2.24, 2.45) is 0 Å². The summed E-state index contributed by atoms with van der Waals surface area (Å²) in [6.45, 7) is 5.94. The van der Waals surface area contributed by atoms with Crippen molar-refractivity contribution in [3.05, 3.63) is 71.3 Å². The van der Waals surface area contributed by atoms with Crippen molar-refractivity contribution >= 4 is 28.4 Å². The number of carbonyl (C=O) groups excluding carboxylic acids is 2. The van der Waals surface area contributed by atoms with Crippen molar-refractivity contribution in [1.29, 1.82) is 0 Å². The number of imidazole rings is 1. The monoisotopic (exact) mass is 415 g/mol. The molecule has 0 saturated carbocycles. The molecule has 2 amide bonds. The lowest BCUT2D eigenvalue weighted by Crippen LogP contribution is -2.35. The highest BCUT2D eigenvalue weighted by molar-refractivity contribution is 5.98. The summed E-state index contributed by atoms with van der Waals surface area (Å²) in [6.07, 6.45) is 4.25. The van der Waals surface area contributed by atoms with Crippen LogP contribution in [0, 0.1) is 13.8 Å². The van der Waals surface area contributed by atoms with Crippen LogP contribution in [0.15, 0.2) is 48.8 Å². The number of fused-ring (bicyclic) bond motifs is 2. The van der Waals surface area contributed by atoms with E-state index in [0.717, 1.165) is 33.4 Å². The van der Waals surface area contributed by atoms with Crippen LogP contribution >= 0.6 is 0 Å². The van der Waals surface area contributed by atoms with E-state index in [1.54, 1.807) is 9.80 Å². The van der Waals surface area contributed by atoms with Crippen LogP contribution in [0.3, 0.4) is 0 Å². The van der Waals surface area contributed by atoms with E-state index >= 15 is 0 Å². The lowest BCUT2D eigenvalue weighted by atomic mass is 10.2. The van der Waals surface area contributed by atoms with E-state index in [1.165, 1.54) is 0 Å². The number of amides is 2. The predicted molar refractivity (Wildman–Crippen MR) is 119 cm³/mol. The van der Waals surface area contributed by atoms with Gasteiger partial charge in [-0.15, -0.1) is 0 Å². The Labute approximate surface area is 180 Å². The van der Waals surface area contributed by atoms with Gasteiger partial charge in [-0.05, 0) is 43.7 Å². The Bertz CT molecular complexity index is 1300. The average molecular weight is 415 g/mol. The molecular weight excluding hydrogens is 390 g/mol. The summed E-state index contributed by atoms with van der Waals surface area (Å²) in [6, 6.07) is 12.0. The lowest BCUT2D eigenvalue weighted by Gasteiger charge is -2.21. The Morgan fingerprint density at radius 3 is 2.84 bits per heavy atom. The van der Waals surface area contributed by atoms with Gasteiger partial charge in [-0.2, -0.15) is 0 Å². The average Bonchev–Trinajstić information content (AvgIpc) is 3.31. The summed E-state index contributed by atoms with van der Waals surface area (Å²) in [5, 5.41) is 1.03. The van der Waals surface area contributed by atoms with Gasteiger partial charge in [-0.1, -0.05) is 17.7 Å². The Kier molecular flexibility index (Phi) is 4.73. The SMILES string of the molecule is Cc1ccc2[nH]c(C(=O)N3CCC(=O)N(Cc4cn5cccc(C)c5n4)CC3)cc2c1. The largest absolute Gasteiger partial charge is 0.351 e. The maximum atomic E-state index is 13.1. The summed E-state index contributed by atoms with van der Waals surface area (Å²) >= 11 is 0. The fourth-order valence-corrected chi connectivity index (χ4v) is 4.25. The highest BCUT2D eigenvalue weighted by Crippen LogP contribution is 2.19. The van der Waals surface area contributed by atoms with Crippen molar-refractivity contribution in [1.82, 2.24) is 24.2 Å². The third-order valence-electron chi connectivity index (χ3n) is 5.96. The zero-order valence-electron chi connectivity index (χ0n) is 17.8. The molecule has 1 saturated heterocycles. The summed E-state index contributed by atoms with van der Waals surface area (Å²) in [7, 11) is 0. The second kappa shape index (κ2) is 7.58. The normalized spacial score (nSPS) is 15.1. The summed E-state index contributed by atoms with van der Waals surface area (Å²) in [5.74, 6) is -0.0109. The molecule has 1 aliphatic heterocycles. The number of rotatable bonds is 3. The molecule has 0 atom stereocenters. The second-order valence-corrected chi connectivity index (χ2v) is 8.29. The Morgan fingerprint density at radius 1 is 1.13 bits per heavy atom. The number of aromatic nitrogens is 3. The fraction of sp³-hybridized carbons (Fsp3) is 0.292. The molecule has 4 heterocycles. The number of aryl methyl sites for hydroxylation is 2. The minimum atomic E-state index is -0.0631. The number of pyridine rings is 1. The number of benzene rings is 1. The Morgan fingerprint density at radius 2 is 2.00 bits per heavy atom. The van der Waals surface area contributed by atoms with E-state index in [-0.39, 0.29) is 11.8 Å². The molecule has 7 heteroatoms. The minimum Gasteiger partial charge on any atom is -0.351 e. The van der Waals surface area contributed by atoms with Gasteiger partial charge in [-0.25, -0.2) is 4.98 Å². The topological polar surface area (TPSA) is 73.7 Å². The molecule has 0 unspecified atom stereocenters. The van der Waals surface area contributed by atoms with Gasteiger partial charge in [-0.3, -0.25) is 9.59 Å². The van der Waals surface area contributed by atoms with Gasteiger partial charge in [0.05, 0.1) is 12.2 Å². The first-order chi connectivity index (χ1) is 15.0. The van der Waals surface area contributed by atoms with Crippen molar-refractivity contribution in [2.45, 2.75) is 26.8 Å². The molecule has 3 aromatic heterocycles. The van der Waals surface area contributed by atoms with Gasteiger partial charge in [0.1, 0.15) is 11.3 Å². The van der Waals surface area contributed by atoms with Crippen LogP contribution in [-0.2, 0) is 11.3 Å². The highest BCUT2D eigenvalue weighted by atomic mass is 16.2. The number of H-pyrrole nitrogens is 1. The third-order valence-corrected chi connectivity index (χ3v) is 5.96. The van der Waals surface area contributed by atoms with Crippen LogP contribution in [0.5, 0.6) is 0 Å². The molecule has 4 aromatic rings. The fourth-order valence-electron chi connectivity index (χ4n) is 4.25. The molecule has 0 aliphatic carbocycles. The zero-order chi connectivity index (χ0) is 21.5. The molecule has 1 aromatic carbocycles. The minimum absolute atomic E-state index is 0.0522. The van der Waals surface area contributed by atoms with Gasteiger partial charge < -0.3 is 19.2 Å². The van der Waals surface area contributed by atoms with E-state index in [4.69, 9.17) is 0 Å². The van der Waals surface area contributed by atoms with Crippen molar-refractivity contribution in [3.8, 4) is 0 Å². The molecule has 5 rings (SSSR count). The van der Waals surface area contributed by atoms with Gasteiger partial charge in [0.2, 0.25) is 5.91 Å². The molecular formula is C24H25N5O2. The molecule has 31 heavy (non-hydrogen) atoms. The van der Waals surface area contributed by atoms with Crippen LogP contribution in [-0.4, -0.2) is 55.6 Å². The summed E-state index contributed by atoms with van der Waals surface area (Å²) in [5.41, 5.74) is 5.53. The predicted octanol–water partition coefficient (Wildman–Crippen LogP) is 3.31. The van der Waals surface area contributed by atoms with E-state index in [0.29, 0.717) is 38.3 Å². The summed E-state index contributed by atoms with van der Waals surface area (Å²) < 4.78 is 1.99. The van der Waals surface area contributed by atoms with E-state index < -0.39 is 0 Å². The molecule has 1 aliphatic rings. The number of hydrogen-bond acceptors (Lipinski definition) is 3. The van der Waals surface area contributed by atoms with Crippen molar-refractivity contribution in [3.63, 3.8) is 0 Å². The van der Waals surface area contributed by atoms with Crippen LogP contribution in [0.2, 0.25) is 0 Å². The molecule has 158 valence electrons. The van der Waals surface area contributed by atoms with Crippen LogP contribution < -0.4 is 0 Å². The van der Waals surface area contributed by atoms with Crippen molar-refractivity contribution < 1.29 is 9.59 Å². The molecule has 7 nitrogen and oxygen atoms in total. The maximum Gasteiger partial charge on any atom is 0.270 e. The summed E-state index contributed by atoms with van der Waals surface area (Å²) in [4.78, 5) is 37.3. The van der Waals surface area contributed by atoms with Crippen LogP contribution in [0.1, 0.15) is 33.7 Å². The smallest absolute Gasteiger partial charge is 0.270 e. The Balaban J connectivity index is 1.31. The Hall–Kier alpha value is -3.61. The second-order valence-electron chi connectivity index (χ2n) is 8.29. The molecule has 1 N–H and O–H groups in total. The molecule has 1 fully saturated rings. The molecule has 0 spiro atoms. The van der Waals surface area contributed by atoms with E-state index in [1.807, 2.05) is 61.0 Å². The zero-order valence-corrected chi connectivity index (χ0v) is 17.8. The number of carbonyl (C=O) groups is 2. The number of hydrogen-bond donors (Lipinski definition) is 1. The number of nitrogens with one attached hydrogen (secondary N) is 1. The van der Waals surface area contributed by atoms with E-state index in [2.05, 4.69) is 16.0 Å². The van der Waals surface area contributed by atoms with Crippen LogP contribution in [0.4, 0.5) is 0 Å². The maximum absolute atomic E-state index is 13.1. The van der Waals surface area contributed by atoms with E-state index in [9.17, 15) is 9.59 Å². The van der Waals surface area contributed by atoms with Gasteiger partial charge >= 0.3 is 0 Å². The lowest BCUT2D eigenvalue weighted by molar-refractivity contribution is -0.131. The van der Waals surface area contributed by atoms with Gasteiger partial charge in [0.25, 0.3) is 5.91 Å². The first-order valence-electron chi connectivity index (χ1n) is 10.6. The van der Waals surface area contributed by atoms with Gasteiger partial charge in [0.15, 0.2) is 0 Å². The van der Waals surface area contributed by atoms with Crippen LogP contribution in [0.25, 0.3) is 16.6 Å². The molecule has 0 radical (unpaired) electrons. The standard InChI is InChI=1S/C24H25N5O2/c1-16-5-6-20-18(12-16)13-21(26-20)24(31)27-9-7-22(30)28(11-10-27)14-19-15-29-8-3-4-17(2)23(29)25-19/h3-6,8,12-13,15,26H,7,9-11,14H2,1-2H3. The third kappa shape index (κ3) is 3.67. The quantitative estimate of drug-likeness (QED) is 0.558. The first-order valence-corrected chi connectivity index (χ1v) is 10.6. The van der Waals surface area contributed by atoms with Gasteiger partial charge in [0, 0.05) is 49.4 Å². The van der Waals surface area contributed by atoms with Crippen molar-refractivity contribution in [2.75, 3.05) is 19.6 Å². The molecule has 0 bridgehead atoms. The first kappa shape index (κ1) is 19.4. The number of aromatic amines is 1. The highest BCUT2D eigenvalue weighted by Gasteiger charge is 2.26. The number of nitrogens with zero attached hydrogens (tertiary/aromatic N) is 4.